The molecule has 2 saturated heterocycles. The van der Waals surface area contributed by atoms with Crippen molar-refractivity contribution in [1.82, 2.24) is 9.80 Å². The van der Waals surface area contributed by atoms with E-state index in [1.54, 1.807) is 0 Å². The highest BCUT2D eigenvalue weighted by molar-refractivity contribution is 5.94. The van der Waals surface area contributed by atoms with Crippen molar-refractivity contribution in [3.63, 3.8) is 0 Å². The van der Waals surface area contributed by atoms with E-state index in [0.717, 1.165) is 24.2 Å². The second-order valence-electron chi connectivity index (χ2n) is 10.4. The molecule has 0 unspecified atom stereocenters. The summed E-state index contributed by atoms with van der Waals surface area (Å²) in [6, 6.07) is 17.0. The molecule has 2 aliphatic heterocycles. The van der Waals surface area contributed by atoms with Gasteiger partial charge in [-0.15, -0.1) is 0 Å². The highest BCUT2D eigenvalue weighted by Crippen LogP contribution is 2.35. The zero-order valence-electron chi connectivity index (χ0n) is 20.3. The van der Waals surface area contributed by atoms with Crippen molar-refractivity contribution < 1.29 is 19.4 Å². The van der Waals surface area contributed by atoms with Crippen LogP contribution in [-0.4, -0.2) is 58.6 Å². The molecule has 2 amide bonds. The summed E-state index contributed by atoms with van der Waals surface area (Å²) in [5, 5.41) is 14.1. The van der Waals surface area contributed by atoms with Crippen LogP contribution in [0.4, 0.5) is 10.5 Å². The third-order valence-electron chi connectivity index (χ3n) is 6.94. The number of carbonyl (C=O) groups is 2. The van der Waals surface area contributed by atoms with Crippen molar-refractivity contribution in [1.29, 1.82) is 0 Å². The molecule has 0 spiro atoms. The SMILES string of the molecule is CC(C)(C)N1CCC(O)(c2ccc(NC(=O)C3CN(C(=O)OCc4ccccc4)C3)cc2)CC1. The van der Waals surface area contributed by atoms with Crippen molar-refractivity contribution in [3.8, 4) is 0 Å². The molecule has 2 N–H and O–H groups in total. The first-order valence-corrected chi connectivity index (χ1v) is 12.0. The van der Waals surface area contributed by atoms with Crippen LogP contribution in [0, 0.1) is 5.92 Å². The molecule has 2 aromatic carbocycles. The van der Waals surface area contributed by atoms with Crippen LogP contribution < -0.4 is 5.32 Å². The van der Waals surface area contributed by atoms with Crippen LogP contribution in [0.1, 0.15) is 44.7 Å². The lowest BCUT2D eigenvalue weighted by molar-refractivity contribution is -0.124. The lowest BCUT2D eigenvalue weighted by Crippen LogP contribution is -2.54. The average molecular weight is 466 g/mol. The second kappa shape index (κ2) is 9.76. The lowest BCUT2D eigenvalue weighted by atomic mass is 9.83. The third kappa shape index (κ3) is 5.59. The van der Waals surface area contributed by atoms with E-state index in [4.69, 9.17) is 4.74 Å². The van der Waals surface area contributed by atoms with E-state index in [-0.39, 0.29) is 24.0 Å². The maximum atomic E-state index is 12.6. The molecule has 0 saturated carbocycles. The van der Waals surface area contributed by atoms with Crippen LogP contribution in [0.5, 0.6) is 0 Å². The van der Waals surface area contributed by atoms with Gasteiger partial charge >= 0.3 is 6.09 Å². The summed E-state index contributed by atoms with van der Waals surface area (Å²) in [6.45, 7) is 9.22. The Bertz CT molecular complexity index is 987. The fraction of sp³-hybridized carbons (Fsp3) is 0.481. The van der Waals surface area contributed by atoms with Crippen LogP contribution in [0.3, 0.4) is 0 Å². The van der Waals surface area contributed by atoms with Gasteiger partial charge in [-0.3, -0.25) is 9.69 Å². The number of piperidine rings is 1. The first-order chi connectivity index (χ1) is 16.1. The molecule has 7 nitrogen and oxygen atoms in total. The van der Waals surface area contributed by atoms with E-state index >= 15 is 0 Å². The van der Waals surface area contributed by atoms with Crippen LogP contribution in [0.25, 0.3) is 0 Å². The Hall–Kier alpha value is -2.90. The number of hydrogen-bond donors (Lipinski definition) is 2. The lowest BCUT2D eigenvalue weighted by Gasteiger charge is -2.44. The topological polar surface area (TPSA) is 82.1 Å². The molecular formula is C27H35N3O4. The fourth-order valence-electron chi connectivity index (χ4n) is 4.55. The zero-order valence-corrected chi connectivity index (χ0v) is 20.3. The van der Waals surface area contributed by atoms with E-state index < -0.39 is 11.7 Å². The Morgan fingerprint density at radius 2 is 1.65 bits per heavy atom. The van der Waals surface area contributed by atoms with Crippen LogP contribution in [0.15, 0.2) is 54.6 Å². The molecule has 4 rings (SSSR count). The summed E-state index contributed by atoms with van der Waals surface area (Å²) in [5.74, 6) is -0.369. The summed E-state index contributed by atoms with van der Waals surface area (Å²) in [4.78, 5) is 28.7. The van der Waals surface area contributed by atoms with Gasteiger partial charge < -0.3 is 20.1 Å². The maximum Gasteiger partial charge on any atom is 0.410 e. The number of nitrogens with one attached hydrogen (secondary N) is 1. The van der Waals surface area contributed by atoms with Gasteiger partial charge in [0.05, 0.1) is 11.5 Å². The summed E-state index contributed by atoms with van der Waals surface area (Å²) >= 11 is 0. The van der Waals surface area contributed by atoms with Crippen molar-refractivity contribution in [2.45, 2.75) is 51.4 Å². The van der Waals surface area contributed by atoms with Gasteiger partial charge in [-0.2, -0.15) is 0 Å². The van der Waals surface area contributed by atoms with E-state index in [2.05, 4.69) is 31.0 Å². The van der Waals surface area contributed by atoms with Crippen molar-refractivity contribution in [3.05, 3.63) is 65.7 Å². The highest BCUT2D eigenvalue weighted by atomic mass is 16.6. The van der Waals surface area contributed by atoms with Crippen LogP contribution in [-0.2, 0) is 21.7 Å². The van der Waals surface area contributed by atoms with Crippen molar-refractivity contribution in [2.75, 3.05) is 31.5 Å². The quantitative estimate of drug-likeness (QED) is 0.698. The molecule has 0 bridgehead atoms. The number of hydrogen-bond acceptors (Lipinski definition) is 5. The molecular weight excluding hydrogens is 430 g/mol. The van der Waals surface area contributed by atoms with Gasteiger partial charge in [0.1, 0.15) is 6.61 Å². The standard InChI is InChI=1S/C27H35N3O4/c1-26(2,3)30-15-13-27(33,14-16-30)22-9-11-23(12-10-22)28-24(31)21-17-29(18-21)25(32)34-19-20-7-5-4-6-8-20/h4-12,21,33H,13-19H2,1-3H3,(H,28,31). The van der Waals surface area contributed by atoms with Crippen molar-refractivity contribution >= 4 is 17.7 Å². The number of likely N-dealkylation sites (tertiary alicyclic amines) is 2. The number of ether oxygens (including phenoxy) is 1. The number of carbonyl (C=O) groups excluding carboxylic acids is 2. The molecule has 2 heterocycles. The summed E-state index contributed by atoms with van der Waals surface area (Å²) in [6.07, 6.45) is 0.978. The predicted octanol–water partition coefficient (Wildman–Crippen LogP) is 3.98. The number of nitrogens with zero attached hydrogens (tertiary/aromatic N) is 2. The van der Waals surface area contributed by atoms with Crippen LogP contribution in [0.2, 0.25) is 0 Å². The van der Waals surface area contributed by atoms with Gasteiger partial charge in [-0.1, -0.05) is 42.5 Å². The van der Waals surface area contributed by atoms with E-state index in [9.17, 15) is 14.7 Å². The molecule has 2 fully saturated rings. The Labute approximate surface area is 201 Å². The summed E-state index contributed by atoms with van der Waals surface area (Å²) in [5.41, 5.74) is 1.77. The third-order valence-corrected chi connectivity index (χ3v) is 6.94. The molecule has 0 aromatic heterocycles. The van der Waals surface area contributed by atoms with Gasteiger partial charge in [0.15, 0.2) is 0 Å². The van der Waals surface area contributed by atoms with E-state index in [0.29, 0.717) is 31.6 Å². The molecule has 0 atom stereocenters. The zero-order chi connectivity index (χ0) is 24.3. The number of amides is 2. The van der Waals surface area contributed by atoms with Gasteiger partial charge in [0.25, 0.3) is 0 Å². The number of anilines is 1. The Kier molecular flexibility index (Phi) is 6.96. The Morgan fingerprint density at radius 1 is 1.03 bits per heavy atom. The molecule has 182 valence electrons. The second-order valence-corrected chi connectivity index (χ2v) is 10.4. The molecule has 2 aliphatic rings. The predicted molar refractivity (Wildman–Crippen MR) is 131 cm³/mol. The van der Waals surface area contributed by atoms with Gasteiger partial charge in [-0.25, -0.2) is 4.79 Å². The molecule has 0 radical (unpaired) electrons. The first kappa shape index (κ1) is 24.2. The first-order valence-electron chi connectivity index (χ1n) is 12.0. The smallest absolute Gasteiger partial charge is 0.410 e. The average Bonchev–Trinajstić information content (AvgIpc) is 2.77. The van der Waals surface area contributed by atoms with Crippen LogP contribution >= 0.6 is 0 Å². The van der Waals surface area contributed by atoms with E-state index in [1.165, 1.54) is 4.90 Å². The summed E-state index contributed by atoms with van der Waals surface area (Å²) in [7, 11) is 0. The molecule has 7 heteroatoms. The van der Waals surface area contributed by atoms with Gasteiger partial charge in [0, 0.05) is 37.4 Å². The van der Waals surface area contributed by atoms with E-state index in [1.807, 2.05) is 54.6 Å². The Morgan fingerprint density at radius 3 is 2.24 bits per heavy atom. The molecule has 2 aromatic rings. The minimum atomic E-state index is -0.834. The number of benzene rings is 2. The van der Waals surface area contributed by atoms with Crippen molar-refractivity contribution in [2.24, 2.45) is 5.92 Å². The monoisotopic (exact) mass is 465 g/mol. The maximum absolute atomic E-state index is 12.6. The Balaban J connectivity index is 1.23. The number of rotatable bonds is 5. The molecule has 0 aliphatic carbocycles. The highest BCUT2D eigenvalue weighted by Gasteiger charge is 2.38. The fourth-order valence-corrected chi connectivity index (χ4v) is 4.55. The largest absolute Gasteiger partial charge is 0.445 e. The molecule has 34 heavy (non-hydrogen) atoms. The minimum Gasteiger partial charge on any atom is -0.445 e. The number of aliphatic hydroxyl groups is 1. The minimum absolute atomic E-state index is 0.102. The van der Waals surface area contributed by atoms with Gasteiger partial charge in [0.2, 0.25) is 5.91 Å². The summed E-state index contributed by atoms with van der Waals surface area (Å²) < 4.78 is 5.31. The van der Waals surface area contributed by atoms with Gasteiger partial charge in [-0.05, 0) is 56.9 Å². The normalized spacial score (nSPS) is 18.8.